The van der Waals surface area contributed by atoms with E-state index in [-0.39, 0.29) is 31.1 Å². The molecule has 1 heterocycles. The third-order valence-electron chi connectivity index (χ3n) is 3.98. The second-order valence-corrected chi connectivity index (χ2v) is 5.53. The number of nitrogens with one attached hydrogen (secondary N) is 1. The fraction of sp³-hybridized carbons (Fsp3) is 0.278. The molecule has 3 rings (SSSR count). The van der Waals surface area contributed by atoms with Crippen molar-refractivity contribution in [2.24, 2.45) is 0 Å². The van der Waals surface area contributed by atoms with Gasteiger partial charge in [0, 0.05) is 12.6 Å². The number of ether oxygens (including phenoxy) is 2. The van der Waals surface area contributed by atoms with Crippen molar-refractivity contribution in [1.29, 1.82) is 0 Å². The van der Waals surface area contributed by atoms with Gasteiger partial charge in [0.05, 0.1) is 25.4 Å². The molecular formula is C18H19FN2O4. The van der Waals surface area contributed by atoms with Crippen molar-refractivity contribution < 1.29 is 23.8 Å². The van der Waals surface area contributed by atoms with Gasteiger partial charge in [-0.3, -0.25) is 4.90 Å². The van der Waals surface area contributed by atoms with E-state index in [4.69, 9.17) is 14.6 Å². The van der Waals surface area contributed by atoms with Crippen molar-refractivity contribution >= 4 is 11.7 Å². The summed E-state index contributed by atoms with van der Waals surface area (Å²) in [6.45, 7) is 0.351. The van der Waals surface area contributed by atoms with E-state index in [1.54, 1.807) is 35.2 Å². The second kappa shape index (κ2) is 7.40. The van der Waals surface area contributed by atoms with Gasteiger partial charge in [0.1, 0.15) is 12.4 Å². The van der Waals surface area contributed by atoms with Crippen molar-refractivity contribution in [3.63, 3.8) is 0 Å². The predicted molar refractivity (Wildman–Crippen MR) is 90.6 cm³/mol. The van der Waals surface area contributed by atoms with Crippen LogP contribution in [0.5, 0.6) is 11.5 Å². The second-order valence-electron chi connectivity index (χ2n) is 5.53. The average Bonchev–Trinajstić information content (AvgIpc) is 3.01. The van der Waals surface area contributed by atoms with Crippen LogP contribution in [-0.4, -0.2) is 38.0 Å². The molecule has 6 nitrogen and oxygen atoms in total. The van der Waals surface area contributed by atoms with Crippen LogP contribution >= 0.6 is 0 Å². The molecule has 0 aliphatic carbocycles. The summed E-state index contributed by atoms with van der Waals surface area (Å²) < 4.78 is 24.3. The molecule has 1 aliphatic rings. The first kappa shape index (κ1) is 17.0. The molecule has 1 saturated heterocycles. The van der Waals surface area contributed by atoms with Crippen LogP contribution in [0.15, 0.2) is 42.5 Å². The fourth-order valence-electron chi connectivity index (χ4n) is 2.86. The zero-order chi connectivity index (χ0) is 17.8. The molecule has 0 saturated carbocycles. The van der Waals surface area contributed by atoms with Gasteiger partial charge >= 0.3 is 6.03 Å². The Hall–Kier alpha value is -2.80. The summed E-state index contributed by atoms with van der Waals surface area (Å²) in [6.07, 6.45) is 0. The van der Waals surface area contributed by atoms with Gasteiger partial charge in [0.25, 0.3) is 0 Å². The van der Waals surface area contributed by atoms with Crippen molar-refractivity contribution in [2.75, 3.05) is 31.8 Å². The first-order valence-corrected chi connectivity index (χ1v) is 7.88. The number of benzene rings is 2. The Labute approximate surface area is 144 Å². The number of methoxy groups -OCH3 is 1. The third kappa shape index (κ3) is 3.51. The van der Waals surface area contributed by atoms with Crippen LogP contribution in [0.25, 0.3) is 0 Å². The number of halogens is 1. The molecule has 1 aliphatic heterocycles. The summed E-state index contributed by atoms with van der Waals surface area (Å²) in [4.78, 5) is 13.9. The molecule has 25 heavy (non-hydrogen) atoms. The summed E-state index contributed by atoms with van der Waals surface area (Å²) in [6, 6.07) is 10.7. The summed E-state index contributed by atoms with van der Waals surface area (Å²) in [7, 11) is 1.51. The van der Waals surface area contributed by atoms with Gasteiger partial charge < -0.3 is 19.9 Å². The Morgan fingerprint density at radius 2 is 2.12 bits per heavy atom. The molecule has 7 heteroatoms. The SMILES string of the molecule is COc1ccc(N2C(=O)NCC2c2cccc(F)c2)cc1OCCO. The van der Waals surface area contributed by atoms with E-state index >= 15 is 0 Å². The fourth-order valence-corrected chi connectivity index (χ4v) is 2.86. The molecule has 132 valence electrons. The number of aliphatic hydroxyl groups excluding tert-OH is 1. The third-order valence-corrected chi connectivity index (χ3v) is 3.98. The number of carbonyl (C=O) groups is 1. The van der Waals surface area contributed by atoms with Gasteiger partial charge in [0.15, 0.2) is 11.5 Å². The summed E-state index contributed by atoms with van der Waals surface area (Å²) >= 11 is 0. The highest BCUT2D eigenvalue weighted by Gasteiger charge is 2.33. The number of hydrogen-bond donors (Lipinski definition) is 2. The van der Waals surface area contributed by atoms with E-state index in [2.05, 4.69) is 5.32 Å². The number of carbonyl (C=O) groups excluding carboxylic acids is 1. The van der Waals surface area contributed by atoms with E-state index in [0.29, 0.717) is 29.3 Å². The highest BCUT2D eigenvalue weighted by atomic mass is 19.1. The molecule has 2 N–H and O–H groups in total. The van der Waals surface area contributed by atoms with Crippen LogP contribution < -0.4 is 19.7 Å². The lowest BCUT2D eigenvalue weighted by Gasteiger charge is -2.24. The molecule has 1 atom stereocenters. The van der Waals surface area contributed by atoms with Crippen LogP contribution in [0.4, 0.5) is 14.9 Å². The lowest BCUT2D eigenvalue weighted by Crippen LogP contribution is -2.29. The van der Waals surface area contributed by atoms with E-state index in [0.717, 1.165) is 0 Å². The quantitative estimate of drug-likeness (QED) is 0.843. The first-order chi connectivity index (χ1) is 12.1. The van der Waals surface area contributed by atoms with Crippen molar-refractivity contribution in [1.82, 2.24) is 5.32 Å². The largest absolute Gasteiger partial charge is 0.493 e. The minimum atomic E-state index is -0.349. The summed E-state index contributed by atoms with van der Waals surface area (Å²) in [5.74, 6) is 0.573. The maximum atomic E-state index is 13.6. The molecule has 0 aromatic heterocycles. The number of hydrogen-bond acceptors (Lipinski definition) is 4. The van der Waals surface area contributed by atoms with Gasteiger partial charge in [-0.15, -0.1) is 0 Å². The first-order valence-electron chi connectivity index (χ1n) is 7.88. The molecule has 2 aromatic rings. The molecule has 2 aromatic carbocycles. The van der Waals surface area contributed by atoms with E-state index in [1.807, 2.05) is 0 Å². The van der Waals surface area contributed by atoms with Gasteiger partial charge in [-0.1, -0.05) is 12.1 Å². The topological polar surface area (TPSA) is 71.0 Å². The number of amides is 2. The minimum absolute atomic E-state index is 0.110. The Morgan fingerprint density at radius 3 is 2.84 bits per heavy atom. The van der Waals surface area contributed by atoms with E-state index in [1.165, 1.54) is 19.2 Å². The van der Waals surface area contributed by atoms with E-state index < -0.39 is 0 Å². The standard InChI is InChI=1S/C18H19FN2O4/c1-24-16-6-5-14(10-17(16)25-8-7-22)21-15(11-20-18(21)23)12-3-2-4-13(19)9-12/h2-6,9-10,15,22H,7-8,11H2,1H3,(H,20,23). The highest BCUT2D eigenvalue weighted by molar-refractivity contribution is 5.95. The molecule has 2 amide bonds. The van der Waals surface area contributed by atoms with Crippen LogP contribution in [0, 0.1) is 5.82 Å². The molecule has 1 fully saturated rings. The molecule has 0 radical (unpaired) electrons. The minimum Gasteiger partial charge on any atom is -0.493 e. The molecular weight excluding hydrogens is 327 g/mol. The van der Waals surface area contributed by atoms with Crippen molar-refractivity contribution in [3.8, 4) is 11.5 Å². The van der Waals surface area contributed by atoms with Crippen LogP contribution in [0.2, 0.25) is 0 Å². The zero-order valence-corrected chi connectivity index (χ0v) is 13.7. The van der Waals surface area contributed by atoms with Gasteiger partial charge in [0.2, 0.25) is 0 Å². The lowest BCUT2D eigenvalue weighted by atomic mass is 10.1. The number of aliphatic hydroxyl groups is 1. The maximum absolute atomic E-state index is 13.6. The Morgan fingerprint density at radius 1 is 1.28 bits per heavy atom. The normalized spacial score (nSPS) is 16.7. The Bertz CT molecular complexity index is 768. The average molecular weight is 346 g/mol. The highest BCUT2D eigenvalue weighted by Crippen LogP contribution is 2.36. The van der Waals surface area contributed by atoms with Crippen molar-refractivity contribution in [2.45, 2.75) is 6.04 Å². The lowest BCUT2D eigenvalue weighted by molar-refractivity contribution is 0.196. The molecule has 1 unspecified atom stereocenters. The monoisotopic (exact) mass is 346 g/mol. The summed E-state index contributed by atoms with van der Waals surface area (Å²) in [5.41, 5.74) is 1.30. The van der Waals surface area contributed by atoms with Crippen LogP contribution in [-0.2, 0) is 0 Å². The van der Waals surface area contributed by atoms with Crippen molar-refractivity contribution in [3.05, 3.63) is 53.8 Å². The Balaban J connectivity index is 1.96. The Kier molecular flexibility index (Phi) is 5.04. The maximum Gasteiger partial charge on any atom is 0.322 e. The smallest absolute Gasteiger partial charge is 0.322 e. The zero-order valence-electron chi connectivity index (χ0n) is 13.7. The van der Waals surface area contributed by atoms with Gasteiger partial charge in [-0.25, -0.2) is 9.18 Å². The predicted octanol–water partition coefficient (Wildman–Crippen LogP) is 2.48. The van der Waals surface area contributed by atoms with E-state index in [9.17, 15) is 9.18 Å². The number of urea groups is 1. The molecule has 0 bridgehead atoms. The summed E-state index contributed by atoms with van der Waals surface area (Å²) in [5, 5.41) is 11.7. The van der Waals surface area contributed by atoms with Crippen LogP contribution in [0.3, 0.4) is 0 Å². The van der Waals surface area contributed by atoms with Gasteiger partial charge in [-0.05, 0) is 29.8 Å². The number of rotatable bonds is 6. The number of nitrogens with zero attached hydrogens (tertiary/aromatic N) is 1. The van der Waals surface area contributed by atoms with Gasteiger partial charge in [-0.2, -0.15) is 0 Å². The molecule has 0 spiro atoms. The van der Waals surface area contributed by atoms with Crippen LogP contribution in [0.1, 0.15) is 11.6 Å². The number of anilines is 1.